The van der Waals surface area contributed by atoms with Crippen molar-refractivity contribution >= 4 is 23.5 Å². The summed E-state index contributed by atoms with van der Waals surface area (Å²) in [5.41, 5.74) is 0. The molecular formula is C17H23N7OS. The summed E-state index contributed by atoms with van der Waals surface area (Å²) in [6.45, 7) is 5.95. The van der Waals surface area contributed by atoms with E-state index in [1.165, 1.54) is 24.6 Å². The predicted molar refractivity (Wildman–Crippen MR) is 99.2 cm³/mol. The molecule has 4 rings (SSSR count). The van der Waals surface area contributed by atoms with E-state index in [-0.39, 0.29) is 5.91 Å². The molecule has 0 unspecified atom stereocenters. The van der Waals surface area contributed by atoms with Crippen molar-refractivity contribution in [1.82, 2.24) is 29.6 Å². The minimum Gasteiger partial charge on any atom is -0.352 e. The Morgan fingerprint density at radius 1 is 1.19 bits per heavy atom. The molecule has 1 aliphatic heterocycles. The topological polar surface area (TPSA) is 80.0 Å². The van der Waals surface area contributed by atoms with E-state index in [0.29, 0.717) is 24.8 Å². The number of thioether (sulfide) groups is 1. The van der Waals surface area contributed by atoms with Crippen molar-refractivity contribution in [2.75, 3.05) is 36.8 Å². The largest absolute Gasteiger partial charge is 0.352 e. The molecule has 8 nitrogen and oxygen atoms in total. The Hall–Kier alpha value is -2.16. The predicted octanol–water partition coefficient (Wildman–Crippen LogP) is 1.41. The maximum Gasteiger partial charge on any atom is 0.233 e. The van der Waals surface area contributed by atoms with Gasteiger partial charge in [0.05, 0.1) is 11.9 Å². The molecule has 0 radical (unpaired) electrons. The normalized spacial score (nSPS) is 17.6. The van der Waals surface area contributed by atoms with Gasteiger partial charge in [-0.15, -0.1) is 10.2 Å². The zero-order valence-corrected chi connectivity index (χ0v) is 15.7. The minimum atomic E-state index is 0.160. The van der Waals surface area contributed by atoms with Crippen LogP contribution in [0.1, 0.15) is 31.5 Å². The molecular weight excluding hydrogens is 350 g/mol. The molecule has 0 N–H and O–H groups in total. The van der Waals surface area contributed by atoms with Gasteiger partial charge in [0, 0.05) is 51.0 Å². The first-order valence-electron chi connectivity index (χ1n) is 9.11. The van der Waals surface area contributed by atoms with Crippen molar-refractivity contribution in [3.8, 4) is 0 Å². The molecule has 3 heterocycles. The van der Waals surface area contributed by atoms with Crippen LogP contribution < -0.4 is 4.90 Å². The number of hydrogen-bond donors (Lipinski definition) is 0. The molecule has 1 saturated heterocycles. The van der Waals surface area contributed by atoms with Crippen molar-refractivity contribution in [1.29, 1.82) is 0 Å². The second-order valence-electron chi connectivity index (χ2n) is 6.58. The van der Waals surface area contributed by atoms with Crippen LogP contribution in [0.15, 0.2) is 23.7 Å². The zero-order valence-electron chi connectivity index (χ0n) is 14.9. The summed E-state index contributed by atoms with van der Waals surface area (Å²) in [5, 5.41) is 9.49. The number of nitrogens with zero attached hydrogens (tertiary/aromatic N) is 7. The van der Waals surface area contributed by atoms with E-state index in [9.17, 15) is 4.79 Å². The van der Waals surface area contributed by atoms with E-state index in [1.54, 1.807) is 18.6 Å². The van der Waals surface area contributed by atoms with Gasteiger partial charge < -0.3 is 14.4 Å². The highest BCUT2D eigenvalue weighted by Crippen LogP contribution is 2.39. The summed E-state index contributed by atoms with van der Waals surface area (Å²) in [4.78, 5) is 25.1. The Kier molecular flexibility index (Phi) is 5.05. The zero-order chi connectivity index (χ0) is 17.9. The lowest BCUT2D eigenvalue weighted by Gasteiger charge is -2.35. The van der Waals surface area contributed by atoms with Crippen LogP contribution in [-0.4, -0.2) is 67.5 Å². The van der Waals surface area contributed by atoms with Gasteiger partial charge in [-0.2, -0.15) is 0 Å². The van der Waals surface area contributed by atoms with E-state index in [1.807, 2.05) is 4.90 Å². The highest BCUT2D eigenvalue weighted by molar-refractivity contribution is 7.99. The molecule has 1 aliphatic carbocycles. The van der Waals surface area contributed by atoms with Crippen molar-refractivity contribution in [2.45, 2.75) is 37.4 Å². The number of aromatic nitrogens is 5. The third-order valence-corrected chi connectivity index (χ3v) is 5.79. The maximum absolute atomic E-state index is 12.6. The second-order valence-corrected chi connectivity index (χ2v) is 7.52. The highest BCUT2D eigenvalue weighted by Gasteiger charge is 2.30. The van der Waals surface area contributed by atoms with Gasteiger partial charge >= 0.3 is 0 Å². The Morgan fingerprint density at radius 3 is 2.65 bits per heavy atom. The molecule has 0 spiro atoms. The molecule has 1 saturated carbocycles. The fraction of sp³-hybridized carbons (Fsp3) is 0.588. The molecule has 1 amide bonds. The summed E-state index contributed by atoms with van der Waals surface area (Å²) >= 11 is 1.50. The molecule has 0 aromatic carbocycles. The first kappa shape index (κ1) is 17.3. The number of piperazine rings is 1. The number of carbonyl (C=O) groups is 1. The Morgan fingerprint density at radius 2 is 2.00 bits per heavy atom. The van der Waals surface area contributed by atoms with Crippen LogP contribution in [0.3, 0.4) is 0 Å². The monoisotopic (exact) mass is 373 g/mol. The lowest BCUT2D eigenvalue weighted by Crippen LogP contribution is -2.49. The van der Waals surface area contributed by atoms with Gasteiger partial charge in [-0.1, -0.05) is 11.8 Å². The third kappa shape index (κ3) is 3.67. The minimum absolute atomic E-state index is 0.160. The summed E-state index contributed by atoms with van der Waals surface area (Å²) < 4.78 is 2.15. The Bertz CT molecular complexity index is 754. The number of carbonyl (C=O) groups excluding carboxylic acids is 1. The van der Waals surface area contributed by atoms with Crippen LogP contribution in [0.25, 0.3) is 0 Å². The van der Waals surface area contributed by atoms with Crippen LogP contribution in [0.5, 0.6) is 0 Å². The fourth-order valence-corrected chi connectivity index (χ4v) is 4.12. The summed E-state index contributed by atoms with van der Waals surface area (Å²) in [7, 11) is 0. The Balaban J connectivity index is 1.29. The summed E-state index contributed by atoms with van der Waals surface area (Å²) in [5.74, 6) is 3.10. The summed E-state index contributed by atoms with van der Waals surface area (Å²) in [6.07, 6.45) is 7.55. The lowest BCUT2D eigenvalue weighted by molar-refractivity contribution is -0.128. The molecule has 2 aliphatic rings. The molecule has 0 atom stereocenters. The van der Waals surface area contributed by atoms with E-state index < -0.39 is 0 Å². The number of amides is 1. The molecule has 2 fully saturated rings. The van der Waals surface area contributed by atoms with Gasteiger partial charge in [0.1, 0.15) is 11.6 Å². The second kappa shape index (κ2) is 7.61. The standard InChI is InChI=1S/C17H23N7OS/c1-2-24-16(13-3-4-13)20-21-17(24)26-12-15(25)23-9-7-22(8-10-23)14-11-18-5-6-19-14/h5-6,11,13H,2-4,7-10,12H2,1H3. The first-order valence-corrected chi connectivity index (χ1v) is 10.1. The Labute approximate surface area is 157 Å². The molecule has 2 aromatic rings. The van der Waals surface area contributed by atoms with Crippen molar-refractivity contribution in [3.63, 3.8) is 0 Å². The van der Waals surface area contributed by atoms with E-state index in [2.05, 4.69) is 36.6 Å². The van der Waals surface area contributed by atoms with Crippen LogP contribution in [0, 0.1) is 0 Å². The first-order chi connectivity index (χ1) is 12.8. The SMILES string of the molecule is CCn1c(SCC(=O)N2CCN(c3cnccn3)CC2)nnc1C1CC1. The van der Waals surface area contributed by atoms with Crippen LogP contribution in [-0.2, 0) is 11.3 Å². The lowest BCUT2D eigenvalue weighted by atomic mass is 10.3. The smallest absolute Gasteiger partial charge is 0.233 e. The summed E-state index contributed by atoms with van der Waals surface area (Å²) in [6, 6.07) is 0. The average Bonchev–Trinajstić information content (AvgIpc) is 3.46. The van der Waals surface area contributed by atoms with Gasteiger partial charge in [-0.05, 0) is 19.8 Å². The van der Waals surface area contributed by atoms with E-state index in [4.69, 9.17) is 0 Å². The van der Waals surface area contributed by atoms with E-state index in [0.717, 1.165) is 36.4 Å². The molecule has 0 bridgehead atoms. The third-order valence-electron chi connectivity index (χ3n) is 4.83. The number of hydrogen-bond acceptors (Lipinski definition) is 7. The van der Waals surface area contributed by atoms with Crippen molar-refractivity contribution in [3.05, 3.63) is 24.4 Å². The van der Waals surface area contributed by atoms with Gasteiger partial charge in [-0.3, -0.25) is 9.78 Å². The molecule has 2 aromatic heterocycles. The average molecular weight is 373 g/mol. The molecule has 138 valence electrons. The maximum atomic E-state index is 12.6. The van der Waals surface area contributed by atoms with E-state index >= 15 is 0 Å². The van der Waals surface area contributed by atoms with Crippen LogP contribution in [0.2, 0.25) is 0 Å². The van der Waals surface area contributed by atoms with Crippen molar-refractivity contribution < 1.29 is 4.79 Å². The van der Waals surface area contributed by atoms with Crippen molar-refractivity contribution in [2.24, 2.45) is 0 Å². The van der Waals surface area contributed by atoms with Gasteiger partial charge in [0.25, 0.3) is 0 Å². The quantitative estimate of drug-likeness (QED) is 0.708. The molecule has 9 heteroatoms. The van der Waals surface area contributed by atoms with Crippen LogP contribution in [0.4, 0.5) is 5.82 Å². The fourth-order valence-electron chi connectivity index (χ4n) is 3.20. The van der Waals surface area contributed by atoms with Gasteiger partial charge in [0.15, 0.2) is 5.16 Å². The molecule has 26 heavy (non-hydrogen) atoms. The number of anilines is 1. The van der Waals surface area contributed by atoms with Gasteiger partial charge in [-0.25, -0.2) is 4.98 Å². The van der Waals surface area contributed by atoms with Gasteiger partial charge in [0.2, 0.25) is 5.91 Å². The highest BCUT2D eigenvalue weighted by atomic mass is 32.2. The number of rotatable bonds is 6. The van der Waals surface area contributed by atoms with Crippen LogP contribution >= 0.6 is 11.8 Å².